The molecule has 0 saturated carbocycles. The van der Waals surface area contributed by atoms with Crippen LogP contribution in [0, 0.1) is 0 Å². The second-order valence-electron chi connectivity index (χ2n) is 6.24. The minimum Gasteiger partial charge on any atom is -0.477 e. The maximum Gasteiger partial charge on any atom is 0.356 e. The van der Waals surface area contributed by atoms with Crippen molar-refractivity contribution in [3.05, 3.63) is 58.7 Å². The molecule has 0 spiro atoms. The van der Waals surface area contributed by atoms with Gasteiger partial charge in [0.1, 0.15) is 0 Å². The van der Waals surface area contributed by atoms with Gasteiger partial charge in [0.15, 0.2) is 11.4 Å². The van der Waals surface area contributed by atoms with Gasteiger partial charge in [0.2, 0.25) is 5.82 Å². The number of carbonyl (C=O) groups is 4. The van der Waals surface area contributed by atoms with Crippen LogP contribution in [0.2, 0.25) is 0 Å². The van der Waals surface area contributed by atoms with Crippen LogP contribution in [0.4, 0.5) is 0 Å². The number of amides is 1. The fraction of sp³-hybridized carbons (Fsp3) is 0.211. The highest BCUT2D eigenvalue weighted by atomic mass is 16.5. The zero-order chi connectivity index (χ0) is 24.0. The van der Waals surface area contributed by atoms with Gasteiger partial charge in [-0.3, -0.25) is 4.79 Å². The van der Waals surface area contributed by atoms with E-state index in [1.54, 1.807) is 12.1 Å². The number of hydrogen-bond donors (Lipinski definition) is 3. The summed E-state index contributed by atoms with van der Waals surface area (Å²) in [4.78, 5) is 51.7. The average Bonchev–Trinajstić information content (AvgIpc) is 3.22. The minimum atomic E-state index is -1.36. The van der Waals surface area contributed by atoms with Crippen LogP contribution in [0.25, 0.3) is 5.78 Å². The number of primary amides is 1. The molecule has 0 unspecified atom stereocenters. The summed E-state index contributed by atoms with van der Waals surface area (Å²) < 4.78 is 9.94. The summed E-state index contributed by atoms with van der Waals surface area (Å²) in [5.41, 5.74) is 11.5. The molecule has 0 aliphatic carbocycles. The number of benzene rings is 1. The van der Waals surface area contributed by atoms with Crippen molar-refractivity contribution in [1.29, 1.82) is 0 Å². The molecule has 168 valence electrons. The third-order valence-corrected chi connectivity index (χ3v) is 4.00. The third kappa shape index (κ3) is 5.40. The van der Waals surface area contributed by atoms with E-state index in [-0.39, 0.29) is 29.3 Å². The van der Waals surface area contributed by atoms with Crippen molar-refractivity contribution < 1.29 is 33.8 Å². The number of carbonyl (C=O) groups excluding carboxylic acids is 3. The van der Waals surface area contributed by atoms with E-state index in [1.165, 1.54) is 7.11 Å². The number of methoxy groups -OCH3 is 2. The van der Waals surface area contributed by atoms with E-state index in [1.807, 2.05) is 19.1 Å². The number of nitrogens with zero attached hydrogens (tertiary/aromatic N) is 4. The van der Waals surface area contributed by atoms with Crippen LogP contribution in [0.15, 0.2) is 30.3 Å². The first-order valence-corrected chi connectivity index (χ1v) is 8.92. The van der Waals surface area contributed by atoms with E-state index >= 15 is 0 Å². The highest BCUT2D eigenvalue weighted by Gasteiger charge is 2.21. The Morgan fingerprint density at radius 2 is 1.62 bits per heavy atom. The van der Waals surface area contributed by atoms with Gasteiger partial charge < -0.3 is 26.0 Å². The second kappa shape index (κ2) is 10.1. The molecule has 1 aromatic carbocycles. The summed E-state index contributed by atoms with van der Waals surface area (Å²) >= 11 is 0. The van der Waals surface area contributed by atoms with Gasteiger partial charge in [-0.05, 0) is 24.6 Å². The predicted molar refractivity (Wildman–Crippen MR) is 108 cm³/mol. The smallest absolute Gasteiger partial charge is 0.356 e. The molecule has 0 fully saturated rings. The van der Waals surface area contributed by atoms with Crippen LogP contribution in [0.5, 0.6) is 0 Å². The molecule has 13 nitrogen and oxygen atoms in total. The van der Waals surface area contributed by atoms with E-state index in [0.29, 0.717) is 5.56 Å². The first-order valence-electron chi connectivity index (χ1n) is 8.92. The van der Waals surface area contributed by atoms with Gasteiger partial charge in [-0.2, -0.15) is 9.50 Å². The predicted octanol–water partition coefficient (Wildman–Crippen LogP) is 0.201. The van der Waals surface area contributed by atoms with Crippen LogP contribution in [0.3, 0.4) is 0 Å². The number of esters is 2. The molecular formula is C19H20N6O7. The number of aromatic carboxylic acids is 1. The lowest BCUT2D eigenvalue weighted by Crippen LogP contribution is -2.15. The molecule has 2 heterocycles. The first-order chi connectivity index (χ1) is 15.1. The molecule has 3 aromatic rings. The van der Waals surface area contributed by atoms with E-state index in [2.05, 4.69) is 24.5 Å². The zero-order valence-corrected chi connectivity index (χ0v) is 17.3. The number of fused-ring (bicyclic) bond motifs is 1. The van der Waals surface area contributed by atoms with Crippen molar-refractivity contribution >= 4 is 29.6 Å². The molecule has 2 aromatic heterocycles. The molecule has 1 amide bonds. The van der Waals surface area contributed by atoms with E-state index in [4.69, 9.17) is 16.6 Å². The van der Waals surface area contributed by atoms with Gasteiger partial charge in [-0.15, -0.1) is 5.10 Å². The third-order valence-electron chi connectivity index (χ3n) is 4.00. The summed E-state index contributed by atoms with van der Waals surface area (Å²) in [6, 6.07) is 8.04. The summed E-state index contributed by atoms with van der Waals surface area (Å²) in [5, 5.41) is 12.5. The van der Waals surface area contributed by atoms with Crippen molar-refractivity contribution in [2.24, 2.45) is 11.5 Å². The monoisotopic (exact) mass is 444 g/mol. The van der Waals surface area contributed by atoms with Crippen molar-refractivity contribution in [2.75, 3.05) is 14.2 Å². The van der Waals surface area contributed by atoms with Crippen molar-refractivity contribution in [3.63, 3.8) is 0 Å². The Morgan fingerprint density at radius 1 is 1.03 bits per heavy atom. The fourth-order valence-corrected chi connectivity index (χ4v) is 2.37. The van der Waals surface area contributed by atoms with Crippen LogP contribution in [-0.2, 0) is 9.47 Å². The molecule has 3 rings (SSSR count). The van der Waals surface area contributed by atoms with E-state index in [9.17, 15) is 19.2 Å². The SMILES string of the molecule is COC(=O)c1cc(C(=O)O)nc2nc(C(N)=O)nn12.COC(=O)c1ccc([C@H](C)N)cc1. The molecule has 0 aliphatic rings. The molecule has 13 heteroatoms. The van der Waals surface area contributed by atoms with Gasteiger partial charge in [-0.1, -0.05) is 12.1 Å². The number of ether oxygens (including phenoxy) is 2. The Morgan fingerprint density at radius 3 is 2.09 bits per heavy atom. The minimum absolute atomic E-state index is 0.00769. The maximum absolute atomic E-state index is 11.5. The van der Waals surface area contributed by atoms with Crippen molar-refractivity contribution in [2.45, 2.75) is 13.0 Å². The number of hydrogen-bond acceptors (Lipinski definition) is 10. The Kier molecular flexibility index (Phi) is 7.52. The Balaban J connectivity index is 0.000000244. The highest BCUT2D eigenvalue weighted by Crippen LogP contribution is 2.11. The summed E-state index contributed by atoms with van der Waals surface area (Å²) in [5.74, 6) is -4.10. The van der Waals surface area contributed by atoms with Crippen LogP contribution < -0.4 is 11.5 Å². The Hall–Kier alpha value is -4.39. The topological polar surface area (TPSA) is 202 Å². The van der Waals surface area contributed by atoms with Crippen LogP contribution in [0.1, 0.15) is 60.5 Å². The van der Waals surface area contributed by atoms with E-state index < -0.39 is 23.5 Å². The second-order valence-corrected chi connectivity index (χ2v) is 6.24. The van der Waals surface area contributed by atoms with Crippen LogP contribution in [-0.4, -0.2) is 62.7 Å². The van der Waals surface area contributed by atoms with Crippen molar-refractivity contribution in [1.82, 2.24) is 19.6 Å². The van der Waals surface area contributed by atoms with Gasteiger partial charge in [0.05, 0.1) is 19.8 Å². The summed E-state index contributed by atoms with van der Waals surface area (Å²) in [6.45, 7) is 1.90. The Labute approximate surface area is 181 Å². The lowest BCUT2D eigenvalue weighted by Gasteiger charge is -2.05. The molecule has 0 aliphatic heterocycles. The van der Waals surface area contributed by atoms with Gasteiger partial charge in [-0.25, -0.2) is 19.4 Å². The number of nitrogens with two attached hydrogens (primary N) is 2. The first kappa shape index (κ1) is 23.9. The van der Waals surface area contributed by atoms with E-state index in [0.717, 1.165) is 23.3 Å². The average molecular weight is 444 g/mol. The molecule has 0 saturated heterocycles. The highest BCUT2D eigenvalue weighted by molar-refractivity contribution is 5.93. The summed E-state index contributed by atoms with van der Waals surface area (Å²) in [7, 11) is 2.47. The number of carboxylic acids is 1. The molecule has 1 atom stereocenters. The van der Waals surface area contributed by atoms with Gasteiger partial charge in [0, 0.05) is 12.1 Å². The number of carboxylic acid groups (broad SMARTS) is 1. The molecule has 5 N–H and O–H groups in total. The quantitative estimate of drug-likeness (QED) is 0.454. The molecular weight excluding hydrogens is 424 g/mol. The van der Waals surface area contributed by atoms with Crippen LogP contribution >= 0.6 is 0 Å². The summed E-state index contributed by atoms with van der Waals surface area (Å²) in [6.07, 6.45) is 0. The Bertz CT molecular complexity index is 1170. The van der Waals surface area contributed by atoms with Gasteiger partial charge >= 0.3 is 17.9 Å². The molecule has 0 radical (unpaired) electrons. The molecule has 32 heavy (non-hydrogen) atoms. The lowest BCUT2D eigenvalue weighted by molar-refractivity contribution is 0.0585. The number of aromatic nitrogens is 4. The fourth-order valence-electron chi connectivity index (χ4n) is 2.37. The molecule has 0 bridgehead atoms. The van der Waals surface area contributed by atoms with Gasteiger partial charge in [0.25, 0.3) is 11.7 Å². The standard InChI is InChI=1S/C10H13NO2.C9H7N5O5/c1-7(11)8-3-5-9(6-4-8)10(12)13-2;1-19-8(18)4-2-3(7(16)17)11-9-12-6(5(10)15)13-14(4)9/h3-7H,11H2,1-2H3;2H,1H3,(H2,10,15)(H,16,17)/t7-;/m0./s1. The lowest BCUT2D eigenvalue weighted by atomic mass is 10.1. The normalized spacial score (nSPS) is 11.1. The number of rotatable bonds is 5. The zero-order valence-electron chi connectivity index (χ0n) is 17.3. The maximum atomic E-state index is 11.5. The largest absolute Gasteiger partial charge is 0.477 e. The van der Waals surface area contributed by atoms with Crippen molar-refractivity contribution in [3.8, 4) is 0 Å².